The van der Waals surface area contributed by atoms with Crippen molar-refractivity contribution in [3.8, 4) is 28.7 Å². The number of carbonyl (C=O) groups is 3. The van der Waals surface area contributed by atoms with Crippen molar-refractivity contribution in [2.75, 3.05) is 42.7 Å². The molecule has 0 saturated carbocycles. The van der Waals surface area contributed by atoms with Crippen molar-refractivity contribution in [1.29, 1.82) is 0 Å². The lowest BCUT2D eigenvalue weighted by Crippen LogP contribution is -2.43. The van der Waals surface area contributed by atoms with Gasteiger partial charge in [-0.3, -0.25) is 9.59 Å². The molecule has 0 spiro atoms. The SMILES string of the molecule is COC(=O)C1=C(C(=O)c2ccc(C)cc2)C(=O)c2cc(OC)c(OC)c(OC)c2C1(O)c1ccc(OC)c(OC)c1. The van der Waals surface area contributed by atoms with Gasteiger partial charge in [0, 0.05) is 11.1 Å². The predicted octanol–water partition coefficient (Wildman–Crippen LogP) is 3.82. The molecule has 1 aliphatic carbocycles. The summed E-state index contributed by atoms with van der Waals surface area (Å²) >= 11 is 0. The highest BCUT2D eigenvalue weighted by Crippen LogP contribution is 2.55. The van der Waals surface area contributed by atoms with Gasteiger partial charge >= 0.3 is 5.97 Å². The number of allylic oxidation sites excluding steroid dienone is 1. The van der Waals surface area contributed by atoms with Gasteiger partial charge in [-0.25, -0.2) is 4.79 Å². The minimum atomic E-state index is -2.48. The molecule has 0 saturated heterocycles. The fourth-order valence-corrected chi connectivity index (χ4v) is 5.02. The summed E-state index contributed by atoms with van der Waals surface area (Å²) in [6, 6.07) is 12.2. The number of hydrogen-bond acceptors (Lipinski definition) is 10. The van der Waals surface area contributed by atoms with Crippen molar-refractivity contribution < 1.29 is 47.9 Å². The van der Waals surface area contributed by atoms with E-state index in [4.69, 9.17) is 28.4 Å². The molecule has 10 nitrogen and oxygen atoms in total. The van der Waals surface area contributed by atoms with Crippen molar-refractivity contribution in [3.05, 3.63) is 87.5 Å². The van der Waals surface area contributed by atoms with Gasteiger partial charge in [-0.1, -0.05) is 35.9 Å². The van der Waals surface area contributed by atoms with E-state index < -0.39 is 34.3 Å². The maximum atomic E-state index is 14.2. The lowest BCUT2D eigenvalue weighted by atomic mass is 9.68. The smallest absolute Gasteiger partial charge is 0.338 e. The van der Waals surface area contributed by atoms with E-state index in [1.165, 1.54) is 71.9 Å². The van der Waals surface area contributed by atoms with Crippen molar-refractivity contribution in [2.45, 2.75) is 12.5 Å². The summed E-state index contributed by atoms with van der Waals surface area (Å²) in [6.45, 7) is 1.84. The number of carbonyl (C=O) groups excluding carboxylic acids is 3. The largest absolute Gasteiger partial charge is 0.493 e. The number of fused-ring (bicyclic) bond motifs is 1. The molecule has 0 fully saturated rings. The number of ketones is 2. The number of aryl methyl sites for hydroxylation is 1. The maximum Gasteiger partial charge on any atom is 0.338 e. The average Bonchev–Trinajstić information content (AvgIpc) is 3.00. The molecule has 0 amide bonds. The molecule has 41 heavy (non-hydrogen) atoms. The van der Waals surface area contributed by atoms with Crippen LogP contribution in [0.1, 0.15) is 37.4 Å². The third kappa shape index (κ3) is 4.55. The van der Waals surface area contributed by atoms with Gasteiger partial charge in [0.1, 0.15) is 0 Å². The second kappa shape index (κ2) is 11.3. The van der Waals surface area contributed by atoms with Gasteiger partial charge in [-0.2, -0.15) is 0 Å². The Labute approximate surface area is 237 Å². The van der Waals surface area contributed by atoms with Gasteiger partial charge in [0.15, 0.2) is 40.2 Å². The van der Waals surface area contributed by atoms with E-state index in [2.05, 4.69) is 0 Å². The first kappa shape index (κ1) is 29.2. The highest BCUT2D eigenvalue weighted by Gasteiger charge is 2.54. The maximum absolute atomic E-state index is 14.2. The fourth-order valence-electron chi connectivity index (χ4n) is 5.02. The van der Waals surface area contributed by atoms with Crippen LogP contribution in [-0.2, 0) is 15.1 Å². The number of benzene rings is 3. The van der Waals surface area contributed by atoms with Gasteiger partial charge in [-0.05, 0) is 30.7 Å². The summed E-state index contributed by atoms with van der Waals surface area (Å²) in [5.41, 5.74) is -2.85. The number of esters is 1. The quantitative estimate of drug-likeness (QED) is 0.234. The fraction of sp³-hybridized carbons (Fsp3) is 0.258. The van der Waals surface area contributed by atoms with Gasteiger partial charge in [-0.15, -0.1) is 0 Å². The first-order valence-corrected chi connectivity index (χ1v) is 12.4. The summed E-state index contributed by atoms with van der Waals surface area (Å²) in [7, 11) is 7.97. The summed E-state index contributed by atoms with van der Waals surface area (Å²) in [4.78, 5) is 41.8. The zero-order chi connectivity index (χ0) is 30.1. The highest BCUT2D eigenvalue weighted by molar-refractivity contribution is 6.35. The van der Waals surface area contributed by atoms with E-state index in [-0.39, 0.29) is 45.3 Å². The van der Waals surface area contributed by atoms with Gasteiger partial charge in [0.25, 0.3) is 0 Å². The molecule has 4 rings (SSSR count). The van der Waals surface area contributed by atoms with Crippen LogP contribution >= 0.6 is 0 Å². The molecule has 1 unspecified atom stereocenters. The Morgan fingerprint density at radius 2 is 1.34 bits per heavy atom. The van der Waals surface area contributed by atoms with Crippen LogP contribution in [0.3, 0.4) is 0 Å². The highest BCUT2D eigenvalue weighted by atomic mass is 16.5. The van der Waals surface area contributed by atoms with E-state index >= 15 is 0 Å². The summed E-state index contributed by atoms with van der Waals surface area (Å²) in [5, 5.41) is 12.8. The molecular formula is C31H30O10. The first-order valence-electron chi connectivity index (χ1n) is 12.4. The van der Waals surface area contributed by atoms with Crippen molar-refractivity contribution in [2.24, 2.45) is 0 Å². The van der Waals surface area contributed by atoms with E-state index in [1.807, 2.05) is 6.92 Å². The monoisotopic (exact) mass is 562 g/mol. The Balaban J connectivity index is 2.23. The second-order valence-corrected chi connectivity index (χ2v) is 9.11. The first-order chi connectivity index (χ1) is 19.6. The molecule has 0 aliphatic heterocycles. The summed E-state index contributed by atoms with van der Waals surface area (Å²) in [6.07, 6.45) is 0. The van der Waals surface area contributed by atoms with Crippen LogP contribution in [0.2, 0.25) is 0 Å². The Morgan fingerprint density at radius 1 is 0.732 bits per heavy atom. The zero-order valence-corrected chi connectivity index (χ0v) is 23.7. The Hall–Kier alpha value is -4.83. The molecular weight excluding hydrogens is 532 g/mol. The molecule has 0 radical (unpaired) electrons. The molecule has 10 heteroatoms. The average molecular weight is 563 g/mol. The van der Waals surface area contributed by atoms with Crippen molar-refractivity contribution in [1.82, 2.24) is 0 Å². The lowest BCUT2D eigenvalue weighted by molar-refractivity contribution is -0.138. The van der Waals surface area contributed by atoms with Crippen LogP contribution in [0.15, 0.2) is 59.7 Å². The van der Waals surface area contributed by atoms with E-state index in [0.717, 1.165) is 12.7 Å². The number of rotatable bonds is 9. The lowest BCUT2D eigenvalue weighted by Gasteiger charge is -2.38. The number of ether oxygens (including phenoxy) is 6. The summed E-state index contributed by atoms with van der Waals surface area (Å²) in [5.74, 6) is -2.10. The van der Waals surface area contributed by atoms with Crippen LogP contribution < -0.4 is 23.7 Å². The second-order valence-electron chi connectivity index (χ2n) is 9.11. The summed E-state index contributed by atoms with van der Waals surface area (Å²) < 4.78 is 32.5. The third-order valence-electron chi connectivity index (χ3n) is 7.01. The van der Waals surface area contributed by atoms with Crippen LogP contribution in [0.25, 0.3) is 0 Å². The Bertz CT molecular complexity index is 1570. The Kier molecular flexibility index (Phi) is 8.07. The zero-order valence-electron chi connectivity index (χ0n) is 23.7. The standard InChI is InChI=1S/C31H30O10/c1-16-8-10-17(11-9-16)26(32)23-25(30(34)41-7)31(35,18-12-13-20(36-2)21(14-18)37-3)24-19(27(23)33)15-22(38-4)28(39-5)29(24)40-6/h8-15,35H,1-7H3. The number of hydrogen-bond donors (Lipinski definition) is 1. The van der Waals surface area contributed by atoms with E-state index in [9.17, 15) is 19.5 Å². The number of methoxy groups -OCH3 is 6. The number of Topliss-reactive ketones (excluding diaryl/α,β-unsaturated/α-hetero) is 2. The van der Waals surface area contributed by atoms with Crippen molar-refractivity contribution in [3.63, 3.8) is 0 Å². The minimum absolute atomic E-state index is 0.0537. The van der Waals surface area contributed by atoms with E-state index in [1.54, 1.807) is 12.1 Å². The molecule has 0 bridgehead atoms. The molecule has 1 N–H and O–H groups in total. The topological polar surface area (TPSA) is 127 Å². The van der Waals surface area contributed by atoms with Gasteiger partial charge in [0.2, 0.25) is 5.75 Å². The Morgan fingerprint density at radius 3 is 1.88 bits per heavy atom. The molecule has 1 aliphatic rings. The van der Waals surface area contributed by atoms with E-state index in [0.29, 0.717) is 5.75 Å². The number of aliphatic hydroxyl groups is 1. The van der Waals surface area contributed by atoms with Gasteiger partial charge in [0.05, 0.1) is 59.4 Å². The minimum Gasteiger partial charge on any atom is -0.493 e. The van der Waals surface area contributed by atoms with Gasteiger partial charge < -0.3 is 33.5 Å². The molecule has 0 aromatic heterocycles. The van der Waals surface area contributed by atoms with Crippen LogP contribution in [0.4, 0.5) is 0 Å². The van der Waals surface area contributed by atoms with Crippen LogP contribution in [-0.4, -0.2) is 65.3 Å². The molecule has 3 aromatic carbocycles. The molecule has 1 atom stereocenters. The molecule has 214 valence electrons. The third-order valence-corrected chi connectivity index (χ3v) is 7.01. The molecule has 3 aromatic rings. The predicted molar refractivity (Wildman–Crippen MR) is 148 cm³/mol. The molecule has 0 heterocycles. The van der Waals surface area contributed by atoms with Crippen molar-refractivity contribution >= 4 is 17.5 Å². The van der Waals surface area contributed by atoms with Crippen LogP contribution in [0.5, 0.6) is 28.7 Å². The van der Waals surface area contributed by atoms with Crippen LogP contribution in [0, 0.1) is 6.92 Å². The normalized spacial score (nSPS) is 16.0.